The summed E-state index contributed by atoms with van der Waals surface area (Å²) in [5.41, 5.74) is 6.45. The SMILES string of the molecule is CSc1ccc(-c2noc(C(N)CO)n2)cc1. The quantitative estimate of drug-likeness (QED) is 0.800. The van der Waals surface area contributed by atoms with E-state index >= 15 is 0 Å². The molecule has 0 amide bonds. The summed E-state index contributed by atoms with van der Waals surface area (Å²) in [7, 11) is 0. The van der Waals surface area contributed by atoms with E-state index < -0.39 is 6.04 Å². The lowest BCUT2D eigenvalue weighted by Gasteiger charge is -1.99. The van der Waals surface area contributed by atoms with Crippen molar-refractivity contribution in [2.45, 2.75) is 10.9 Å². The molecule has 2 rings (SSSR count). The highest BCUT2D eigenvalue weighted by Gasteiger charge is 2.14. The molecule has 1 aromatic carbocycles. The van der Waals surface area contributed by atoms with Gasteiger partial charge in [-0.25, -0.2) is 0 Å². The van der Waals surface area contributed by atoms with Gasteiger partial charge in [0.15, 0.2) is 0 Å². The number of hydrogen-bond donors (Lipinski definition) is 2. The average molecular weight is 251 g/mol. The first-order valence-corrected chi connectivity index (χ1v) is 6.31. The number of aliphatic hydroxyl groups is 1. The molecule has 1 unspecified atom stereocenters. The van der Waals surface area contributed by atoms with E-state index in [0.717, 1.165) is 5.56 Å². The van der Waals surface area contributed by atoms with Crippen LogP contribution in [0.3, 0.4) is 0 Å². The number of nitrogens with zero attached hydrogens (tertiary/aromatic N) is 2. The molecule has 0 aliphatic rings. The second kappa shape index (κ2) is 5.31. The van der Waals surface area contributed by atoms with Crippen molar-refractivity contribution in [1.29, 1.82) is 0 Å². The first kappa shape index (κ1) is 12.1. The topological polar surface area (TPSA) is 85.2 Å². The van der Waals surface area contributed by atoms with Gasteiger partial charge in [0.25, 0.3) is 0 Å². The Labute approximate surface area is 103 Å². The van der Waals surface area contributed by atoms with Gasteiger partial charge in [0, 0.05) is 10.5 Å². The fourth-order valence-corrected chi connectivity index (χ4v) is 1.73. The molecule has 17 heavy (non-hydrogen) atoms. The number of hydrogen-bond acceptors (Lipinski definition) is 6. The normalized spacial score (nSPS) is 12.6. The number of thioether (sulfide) groups is 1. The van der Waals surface area contributed by atoms with E-state index in [0.29, 0.717) is 5.82 Å². The lowest BCUT2D eigenvalue weighted by Crippen LogP contribution is -2.14. The van der Waals surface area contributed by atoms with E-state index in [2.05, 4.69) is 10.1 Å². The standard InChI is InChI=1S/C11H13N3O2S/c1-17-8-4-2-7(3-5-8)10-13-11(16-14-10)9(12)6-15/h2-5,9,15H,6,12H2,1H3. The molecule has 1 aromatic heterocycles. The number of nitrogens with two attached hydrogens (primary N) is 1. The van der Waals surface area contributed by atoms with Crippen LogP contribution in [0.25, 0.3) is 11.4 Å². The van der Waals surface area contributed by atoms with Gasteiger partial charge >= 0.3 is 0 Å². The molecule has 1 atom stereocenters. The zero-order chi connectivity index (χ0) is 12.3. The molecule has 6 heteroatoms. The zero-order valence-corrected chi connectivity index (χ0v) is 10.1. The van der Waals surface area contributed by atoms with Crippen molar-refractivity contribution in [2.75, 3.05) is 12.9 Å². The lowest BCUT2D eigenvalue weighted by molar-refractivity contribution is 0.237. The minimum atomic E-state index is -0.623. The van der Waals surface area contributed by atoms with Crippen molar-refractivity contribution < 1.29 is 9.63 Å². The van der Waals surface area contributed by atoms with Crippen LogP contribution in [0.1, 0.15) is 11.9 Å². The number of aliphatic hydroxyl groups excluding tert-OH is 1. The third-order valence-electron chi connectivity index (χ3n) is 2.30. The Hall–Kier alpha value is -1.37. The third-order valence-corrected chi connectivity index (χ3v) is 3.05. The second-order valence-electron chi connectivity index (χ2n) is 3.47. The summed E-state index contributed by atoms with van der Waals surface area (Å²) < 4.78 is 4.98. The highest BCUT2D eigenvalue weighted by Crippen LogP contribution is 2.21. The largest absolute Gasteiger partial charge is 0.394 e. The molecule has 0 bridgehead atoms. The van der Waals surface area contributed by atoms with Gasteiger partial charge in [0.1, 0.15) is 6.04 Å². The van der Waals surface area contributed by atoms with Gasteiger partial charge in [-0.1, -0.05) is 5.16 Å². The summed E-state index contributed by atoms with van der Waals surface area (Å²) in [5.74, 6) is 0.730. The maximum absolute atomic E-state index is 8.88. The summed E-state index contributed by atoms with van der Waals surface area (Å²) in [6, 6.07) is 7.20. The molecule has 0 saturated heterocycles. The molecule has 0 spiro atoms. The molecule has 2 aromatic rings. The van der Waals surface area contributed by atoms with Crippen LogP contribution < -0.4 is 5.73 Å². The van der Waals surface area contributed by atoms with Gasteiger partial charge in [0.05, 0.1) is 6.61 Å². The molecule has 0 saturated carbocycles. The number of benzene rings is 1. The fourth-order valence-electron chi connectivity index (χ4n) is 1.32. The van der Waals surface area contributed by atoms with Gasteiger partial charge in [-0.2, -0.15) is 4.98 Å². The number of rotatable bonds is 4. The minimum absolute atomic E-state index is 0.215. The average Bonchev–Trinajstić information content (AvgIpc) is 2.87. The highest BCUT2D eigenvalue weighted by atomic mass is 32.2. The Kier molecular flexibility index (Phi) is 3.78. The number of aromatic nitrogens is 2. The first-order valence-electron chi connectivity index (χ1n) is 5.09. The Bertz CT molecular complexity index is 484. The van der Waals surface area contributed by atoms with Crippen molar-refractivity contribution in [2.24, 2.45) is 5.73 Å². The Balaban J connectivity index is 2.24. The smallest absolute Gasteiger partial charge is 0.246 e. The molecule has 5 nitrogen and oxygen atoms in total. The molecule has 0 aliphatic heterocycles. The minimum Gasteiger partial charge on any atom is -0.394 e. The maximum atomic E-state index is 8.88. The van der Waals surface area contributed by atoms with E-state index in [1.54, 1.807) is 11.8 Å². The summed E-state index contributed by atoms with van der Waals surface area (Å²) in [4.78, 5) is 5.31. The van der Waals surface area contributed by atoms with Gasteiger partial charge < -0.3 is 15.4 Å². The third kappa shape index (κ3) is 2.66. The fraction of sp³-hybridized carbons (Fsp3) is 0.273. The van der Waals surface area contributed by atoms with E-state index in [1.807, 2.05) is 30.5 Å². The molecule has 1 heterocycles. The maximum Gasteiger partial charge on any atom is 0.246 e. The predicted molar refractivity (Wildman–Crippen MR) is 65.5 cm³/mol. The molecule has 0 radical (unpaired) electrons. The Morgan fingerprint density at radius 1 is 1.41 bits per heavy atom. The van der Waals surface area contributed by atoms with E-state index in [4.69, 9.17) is 15.4 Å². The van der Waals surface area contributed by atoms with Crippen LogP contribution in [-0.2, 0) is 0 Å². The van der Waals surface area contributed by atoms with Crippen molar-refractivity contribution in [1.82, 2.24) is 10.1 Å². The molecular weight excluding hydrogens is 238 g/mol. The van der Waals surface area contributed by atoms with Crippen molar-refractivity contribution in [3.8, 4) is 11.4 Å². The van der Waals surface area contributed by atoms with Crippen LogP contribution in [0, 0.1) is 0 Å². The molecule has 3 N–H and O–H groups in total. The van der Waals surface area contributed by atoms with Crippen LogP contribution in [-0.4, -0.2) is 28.1 Å². The van der Waals surface area contributed by atoms with Gasteiger partial charge in [-0.05, 0) is 30.5 Å². The summed E-state index contributed by atoms with van der Waals surface area (Å²) in [6.07, 6.45) is 2.02. The molecule has 90 valence electrons. The van der Waals surface area contributed by atoms with E-state index in [9.17, 15) is 0 Å². The van der Waals surface area contributed by atoms with Gasteiger partial charge in [-0.15, -0.1) is 11.8 Å². The van der Waals surface area contributed by atoms with Crippen molar-refractivity contribution in [3.63, 3.8) is 0 Å². The van der Waals surface area contributed by atoms with Gasteiger partial charge in [-0.3, -0.25) is 0 Å². The van der Waals surface area contributed by atoms with Crippen molar-refractivity contribution in [3.05, 3.63) is 30.2 Å². The monoisotopic (exact) mass is 251 g/mol. The Morgan fingerprint density at radius 3 is 2.71 bits per heavy atom. The molecule has 0 fully saturated rings. The summed E-state index contributed by atoms with van der Waals surface area (Å²) in [6.45, 7) is -0.215. The molecule has 0 aliphatic carbocycles. The second-order valence-corrected chi connectivity index (χ2v) is 4.35. The van der Waals surface area contributed by atoms with Crippen LogP contribution in [0.4, 0.5) is 0 Å². The van der Waals surface area contributed by atoms with Gasteiger partial charge in [0.2, 0.25) is 11.7 Å². The first-order chi connectivity index (χ1) is 8.24. The van der Waals surface area contributed by atoms with E-state index in [1.165, 1.54) is 4.90 Å². The van der Waals surface area contributed by atoms with Crippen LogP contribution in [0.15, 0.2) is 33.7 Å². The summed E-state index contributed by atoms with van der Waals surface area (Å²) in [5, 5.41) is 12.7. The summed E-state index contributed by atoms with van der Waals surface area (Å²) >= 11 is 1.67. The predicted octanol–water partition coefficient (Wildman–Crippen LogP) is 1.45. The van der Waals surface area contributed by atoms with E-state index in [-0.39, 0.29) is 12.5 Å². The van der Waals surface area contributed by atoms with Crippen LogP contribution >= 0.6 is 11.8 Å². The lowest BCUT2D eigenvalue weighted by atomic mass is 10.2. The van der Waals surface area contributed by atoms with Crippen LogP contribution in [0.5, 0.6) is 0 Å². The highest BCUT2D eigenvalue weighted by molar-refractivity contribution is 7.98. The van der Waals surface area contributed by atoms with Crippen molar-refractivity contribution >= 4 is 11.8 Å². The zero-order valence-electron chi connectivity index (χ0n) is 9.33. The molecular formula is C11H13N3O2S. The Morgan fingerprint density at radius 2 is 2.12 bits per heavy atom. The van der Waals surface area contributed by atoms with Crippen LogP contribution in [0.2, 0.25) is 0 Å².